The molecule has 26 heavy (non-hydrogen) atoms. The Labute approximate surface area is 154 Å². The molecule has 1 aromatic rings. The van der Waals surface area contributed by atoms with E-state index >= 15 is 0 Å². The first-order valence-corrected chi connectivity index (χ1v) is 10.0. The van der Waals surface area contributed by atoms with Gasteiger partial charge in [0.25, 0.3) is 0 Å². The minimum absolute atomic E-state index is 0.0238. The van der Waals surface area contributed by atoms with Crippen LogP contribution in [0.5, 0.6) is 0 Å². The van der Waals surface area contributed by atoms with Crippen LogP contribution in [-0.2, 0) is 4.79 Å². The van der Waals surface area contributed by atoms with Crippen molar-refractivity contribution in [3.63, 3.8) is 0 Å². The van der Waals surface area contributed by atoms with E-state index in [-0.39, 0.29) is 17.5 Å². The van der Waals surface area contributed by atoms with Gasteiger partial charge in [0.2, 0.25) is 5.91 Å². The van der Waals surface area contributed by atoms with Crippen molar-refractivity contribution in [2.75, 3.05) is 16.8 Å². The Hall–Kier alpha value is -2.04. The van der Waals surface area contributed by atoms with E-state index in [0.29, 0.717) is 11.8 Å². The van der Waals surface area contributed by atoms with Gasteiger partial charge in [-0.1, -0.05) is 18.9 Å². The van der Waals surface area contributed by atoms with Crippen molar-refractivity contribution in [1.82, 2.24) is 5.32 Å². The number of amides is 3. The number of anilines is 2. The minimum Gasteiger partial charge on any atom is -0.332 e. The Morgan fingerprint density at radius 2 is 2.08 bits per heavy atom. The number of nitrogens with zero attached hydrogens (tertiary/aromatic N) is 1. The summed E-state index contributed by atoms with van der Waals surface area (Å²) in [6, 6.07) is 7.52. The van der Waals surface area contributed by atoms with E-state index in [1.165, 1.54) is 25.7 Å². The third kappa shape index (κ3) is 2.68. The molecule has 0 aromatic heterocycles. The first-order chi connectivity index (χ1) is 12.5. The van der Waals surface area contributed by atoms with E-state index in [4.69, 9.17) is 0 Å². The lowest BCUT2D eigenvalue weighted by Gasteiger charge is -2.65. The number of carbonyl (C=O) groups excluding carboxylic acids is 2. The molecule has 2 N–H and O–H groups in total. The third-order valence-electron chi connectivity index (χ3n) is 7.02. The molecule has 1 heterocycles. The highest BCUT2D eigenvalue weighted by molar-refractivity contribution is 5.96. The summed E-state index contributed by atoms with van der Waals surface area (Å²) in [4.78, 5) is 26.4. The Morgan fingerprint density at radius 3 is 2.85 bits per heavy atom. The monoisotopic (exact) mass is 353 g/mol. The van der Waals surface area contributed by atoms with Gasteiger partial charge in [0.15, 0.2) is 0 Å². The molecule has 5 fully saturated rings. The molecule has 138 valence electrons. The van der Waals surface area contributed by atoms with Crippen molar-refractivity contribution in [2.24, 2.45) is 11.3 Å². The second kappa shape index (κ2) is 5.73. The molecular weight excluding hydrogens is 326 g/mol. The molecular formula is C21H27N3O2. The largest absolute Gasteiger partial charge is 0.332 e. The van der Waals surface area contributed by atoms with Crippen molar-refractivity contribution in [2.45, 2.75) is 63.3 Å². The number of rotatable bonds is 3. The van der Waals surface area contributed by atoms with E-state index in [2.05, 4.69) is 10.6 Å². The molecule has 0 radical (unpaired) electrons. The maximum absolute atomic E-state index is 12.6. The van der Waals surface area contributed by atoms with Crippen LogP contribution in [0.25, 0.3) is 0 Å². The van der Waals surface area contributed by atoms with Crippen LogP contribution in [0.15, 0.2) is 24.3 Å². The summed E-state index contributed by atoms with van der Waals surface area (Å²) in [7, 11) is 0. The van der Waals surface area contributed by atoms with Crippen molar-refractivity contribution < 1.29 is 9.59 Å². The summed E-state index contributed by atoms with van der Waals surface area (Å²) in [5.41, 5.74) is 2.18. The lowest BCUT2D eigenvalue weighted by atomic mass is 9.43. The normalized spacial score (nSPS) is 35.0. The van der Waals surface area contributed by atoms with Crippen molar-refractivity contribution in [3.8, 4) is 0 Å². The zero-order valence-corrected chi connectivity index (χ0v) is 15.2. The van der Waals surface area contributed by atoms with Crippen molar-refractivity contribution in [1.29, 1.82) is 0 Å². The topological polar surface area (TPSA) is 61.4 Å². The van der Waals surface area contributed by atoms with Crippen molar-refractivity contribution >= 4 is 23.3 Å². The molecule has 1 saturated heterocycles. The van der Waals surface area contributed by atoms with Crippen LogP contribution in [0.3, 0.4) is 0 Å². The Balaban J connectivity index is 1.25. The summed E-state index contributed by atoms with van der Waals surface area (Å²) in [5, 5.41) is 6.29. The molecule has 1 aliphatic heterocycles. The highest BCUT2D eigenvalue weighted by Crippen LogP contribution is 2.65. The average Bonchev–Trinajstić information content (AvgIpc) is 2.99. The van der Waals surface area contributed by atoms with Gasteiger partial charge in [0.1, 0.15) is 0 Å². The smallest absolute Gasteiger partial charge is 0.319 e. The summed E-state index contributed by atoms with van der Waals surface area (Å²) >= 11 is 0. The minimum atomic E-state index is -0.107. The number of hydrogen-bond acceptors (Lipinski definition) is 2. The maximum Gasteiger partial charge on any atom is 0.319 e. The van der Waals surface area contributed by atoms with Gasteiger partial charge in [0.05, 0.1) is 0 Å². The summed E-state index contributed by atoms with van der Waals surface area (Å²) in [5.74, 6) is 0.968. The molecule has 1 unspecified atom stereocenters. The van der Waals surface area contributed by atoms with E-state index in [0.717, 1.165) is 49.5 Å². The lowest BCUT2D eigenvalue weighted by molar-refractivity contribution is -0.117. The lowest BCUT2D eigenvalue weighted by Crippen LogP contribution is -2.67. The zero-order chi connectivity index (χ0) is 17.8. The van der Waals surface area contributed by atoms with Crippen LogP contribution in [-0.4, -0.2) is 24.0 Å². The zero-order valence-electron chi connectivity index (χ0n) is 15.2. The van der Waals surface area contributed by atoms with Crippen LogP contribution in [0.4, 0.5) is 16.2 Å². The molecule has 5 aliphatic rings. The van der Waals surface area contributed by atoms with Gasteiger partial charge >= 0.3 is 6.03 Å². The van der Waals surface area contributed by atoms with Gasteiger partial charge in [-0.2, -0.15) is 0 Å². The number of hydrogen-bond donors (Lipinski definition) is 2. The second-order valence-corrected chi connectivity index (χ2v) is 9.08. The molecule has 4 saturated carbocycles. The van der Waals surface area contributed by atoms with E-state index in [1.54, 1.807) is 4.90 Å². The quantitative estimate of drug-likeness (QED) is 0.861. The SMILES string of the molecule is O=C(Nc1cccc(N2CCCC2=O)c1)NC12CC3CCCC(C3)(C1)C2. The fourth-order valence-electron chi connectivity index (χ4n) is 6.37. The first kappa shape index (κ1) is 16.2. The molecule has 5 heteroatoms. The third-order valence-corrected chi connectivity index (χ3v) is 7.02. The highest BCUT2D eigenvalue weighted by Gasteiger charge is 2.61. The van der Waals surface area contributed by atoms with Crippen LogP contribution >= 0.6 is 0 Å². The first-order valence-electron chi connectivity index (χ1n) is 10.0. The van der Waals surface area contributed by atoms with Crippen molar-refractivity contribution in [3.05, 3.63) is 24.3 Å². The molecule has 6 rings (SSSR count). The highest BCUT2D eigenvalue weighted by atomic mass is 16.2. The van der Waals surface area contributed by atoms with E-state index in [9.17, 15) is 9.59 Å². The second-order valence-electron chi connectivity index (χ2n) is 9.08. The molecule has 1 aromatic carbocycles. The van der Waals surface area contributed by atoms with Crippen LogP contribution < -0.4 is 15.5 Å². The molecule has 3 bridgehead atoms. The van der Waals surface area contributed by atoms with Gasteiger partial charge < -0.3 is 15.5 Å². The Bertz CT molecular complexity index is 748. The van der Waals surface area contributed by atoms with Gasteiger partial charge in [0, 0.05) is 29.9 Å². The molecule has 1 spiro atoms. The van der Waals surface area contributed by atoms with Crippen LogP contribution in [0.2, 0.25) is 0 Å². The van der Waals surface area contributed by atoms with Gasteiger partial charge in [-0.15, -0.1) is 0 Å². The van der Waals surface area contributed by atoms with Crippen LogP contribution in [0.1, 0.15) is 57.8 Å². The molecule has 4 aliphatic carbocycles. The number of nitrogens with one attached hydrogen (secondary N) is 2. The fourth-order valence-corrected chi connectivity index (χ4v) is 6.37. The van der Waals surface area contributed by atoms with Gasteiger partial charge in [-0.05, 0) is 68.1 Å². The average molecular weight is 353 g/mol. The van der Waals surface area contributed by atoms with Gasteiger partial charge in [-0.3, -0.25) is 4.79 Å². The predicted molar refractivity (Wildman–Crippen MR) is 101 cm³/mol. The summed E-state index contributed by atoms with van der Waals surface area (Å²) in [6.07, 6.45) is 10.4. The fraction of sp³-hybridized carbons (Fsp3) is 0.619. The summed E-state index contributed by atoms with van der Waals surface area (Å²) in [6.45, 7) is 0.765. The number of benzene rings is 1. The Kier molecular flexibility index (Phi) is 3.56. The van der Waals surface area contributed by atoms with E-state index in [1.807, 2.05) is 24.3 Å². The number of urea groups is 1. The van der Waals surface area contributed by atoms with E-state index < -0.39 is 0 Å². The Morgan fingerprint density at radius 1 is 1.19 bits per heavy atom. The predicted octanol–water partition coefficient (Wildman–Crippen LogP) is 4.05. The van der Waals surface area contributed by atoms with Crippen LogP contribution in [0, 0.1) is 11.3 Å². The summed E-state index contributed by atoms with van der Waals surface area (Å²) < 4.78 is 0. The molecule has 1 atom stereocenters. The maximum atomic E-state index is 12.6. The van der Waals surface area contributed by atoms with Gasteiger partial charge in [-0.25, -0.2) is 4.79 Å². The number of carbonyl (C=O) groups is 2. The molecule has 5 nitrogen and oxygen atoms in total. The standard InChI is InChI=1S/C21H27N3O2/c25-18-7-3-9-24(18)17-6-1-5-16(10-17)22-19(26)23-21-12-15-4-2-8-20(11-15,13-21)14-21/h1,5-6,10,15H,2-4,7-9,11-14H2,(H2,22,23,26). The molecule has 3 amide bonds.